The van der Waals surface area contributed by atoms with Crippen molar-refractivity contribution in [2.24, 2.45) is 5.92 Å². The molecule has 0 aromatic heterocycles. The molecule has 2 nitrogen and oxygen atoms in total. The van der Waals surface area contributed by atoms with Gasteiger partial charge in [0.2, 0.25) is 0 Å². The minimum absolute atomic E-state index is 0.511. The van der Waals surface area contributed by atoms with Crippen LogP contribution in [-0.2, 0) is 0 Å². The minimum Gasteiger partial charge on any atom is -0.493 e. The summed E-state index contributed by atoms with van der Waals surface area (Å²) in [6.07, 6.45) is 1.19. The first-order valence-corrected chi connectivity index (χ1v) is 10.0. The summed E-state index contributed by atoms with van der Waals surface area (Å²) in [4.78, 5) is 2.42. The number of halogens is 1. The molecule has 26 heavy (non-hydrogen) atoms. The first kappa shape index (κ1) is 17.6. The fraction of sp³-hybridized carbons (Fsp3) is 0.304. The van der Waals surface area contributed by atoms with Crippen molar-refractivity contribution >= 4 is 26.7 Å². The van der Waals surface area contributed by atoms with Crippen LogP contribution in [0.25, 0.3) is 10.8 Å². The number of rotatable bonds is 4. The minimum atomic E-state index is 0.511. The third-order valence-electron chi connectivity index (χ3n) is 5.40. The number of benzene rings is 3. The second-order valence-corrected chi connectivity index (χ2v) is 8.21. The lowest BCUT2D eigenvalue weighted by Gasteiger charge is -2.37. The largest absolute Gasteiger partial charge is 0.493 e. The first-order chi connectivity index (χ1) is 12.7. The molecular formula is C23H24BrNO. The number of nitrogens with zero attached hydrogens (tertiary/aromatic N) is 1. The molecular weight excluding hydrogens is 386 g/mol. The van der Waals surface area contributed by atoms with Crippen molar-refractivity contribution < 1.29 is 4.74 Å². The van der Waals surface area contributed by atoms with E-state index in [2.05, 4.69) is 94.6 Å². The van der Waals surface area contributed by atoms with Crippen molar-refractivity contribution in [3.05, 3.63) is 76.8 Å². The summed E-state index contributed by atoms with van der Waals surface area (Å²) >= 11 is 3.53. The molecule has 0 radical (unpaired) electrons. The Labute approximate surface area is 163 Å². The van der Waals surface area contributed by atoms with E-state index in [4.69, 9.17) is 4.74 Å². The van der Waals surface area contributed by atoms with E-state index in [1.54, 1.807) is 0 Å². The molecule has 0 N–H and O–H groups in total. The second kappa shape index (κ2) is 7.81. The van der Waals surface area contributed by atoms with Gasteiger partial charge in [-0.3, -0.25) is 0 Å². The van der Waals surface area contributed by atoms with Crippen LogP contribution in [0.5, 0.6) is 5.75 Å². The zero-order valence-corrected chi connectivity index (χ0v) is 16.7. The fourth-order valence-corrected chi connectivity index (χ4v) is 4.39. The highest BCUT2D eigenvalue weighted by molar-refractivity contribution is 9.10. The molecule has 0 bridgehead atoms. The SMILES string of the molecule is CN1CC[C@@H](c2ccccc2)[C@H](COc2ccc3cc(Br)ccc3c2)C1. The average molecular weight is 410 g/mol. The lowest BCUT2D eigenvalue weighted by molar-refractivity contribution is 0.129. The molecule has 4 rings (SSSR count). The van der Waals surface area contributed by atoms with Gasteiger partial charge in [0, 0.05) is 16.9 Å². The molecule has 134 valence electrons. The molecule has 0 aliphatic carbocycles. The normalized spacial score (nSPS) is 21.0. The number of hydrogen-bond acceptors (Lipinski definition) is 2. The monoisotopic (exact) mass is 409 g/mol. The standard InChI is InChI=1S/C23H24BrNO/c1-25-12-11-23(17-5-3-2-4-6-17)20(15-25)16-26-22-10-8-18-13-21(24)9-7-19(18)14-22/h2-10,13-14,20,23H,11-12,15-16H2,1H3/t20-,23-/m0/s1. The Morgan fingerprint density at radius 3 is 2.62 bits per heavy atom. The van der Waals surface area contributed by atoms with Gasteiger partial charge in [-0.15, -0.1) is 0 Å². The molecule has 3 aromatic carbocycles. The Hall–Kier alpha value is -1.84. The smallest absolute Gasteiger partial charge is 0.119 e. The molecule has 3 aromatic rings. The van der Waals surface area contributed by atoms with Crippen LogP contribution in [-0.4, -0.2) is 31.6 Å². The van der Waals surface area contributed by atoms with E-state index in [0.29, 0.717) is 11.8 Å². The fourth-order valence-electron chi connectivity index (χ4n) is 4.01. The topological polar surface area (TPSA) is 12.5 Å². The number of likely N-dealkylation sites (tertiary alicyclic amines) is 1. The van der Waals surface area contributed by atoms with Crippen LogP contribution in [0.15, 0.2) is 71.2 Å². The summed E-state index contributed by atoms with van der Waals surface area (Å²) in [6.45, 7) is 2.99. The summed E-state index contributed by atoms with van der Waals surface area (Å²) in [5.41, 5.74) is 1.44. The Balaban J connectivity index is 1.50. The summed E-state index contributed by atoms with van der Waals surface area (Å²) in [5, 5.41) is 2.44. The van der Waals surface area contributed by atoms with Crippen LogP contribution in [0.1, 0.15) is 17.9 Å². The highest BCUT2D eigenvalue weighted by Gasteiger charge is 2.29. The van der Waals surface area contributed by atoms with Crippen LogP contribution >= 0.6 is 15.9 Å². The quantitative estimate of drug-likeness (QED) is 0.546. The van der Waals surface area contributed by atoms with Crippen LogP contribution in [0.4, 0.5) is 0 Å². The molecule has 0 unspecified atom stereocenters. The highest BCUT2D eigenvalue weighted by atomic mass is 79.9. The summed E-state index contributed by atoms with van der Waals surface area (Å²) in [6, 6.07) is 23.6. The number of piperidine rings is 1. The van der Waals surface area contributed by atoms with Gasteiger partial charge in [-0.1, -0.05) is 58.4 Å². The highest BCUT2D eigenvalue weighted by Crippen LogP contribution is 2.33. The third-order valence-corrected chi connectivity index (χ3v) is 5.90. The third kappa shape index (κ3) is 3.94. The van der Waals surface area contributed by atoms with Gasteiger partial charge in [-0.2, -0.15) is 0 Å². The molecule has 0 saturated carbocycles. The molecule has 0 amide bonds. The zero-order chi connectivity index (χ0) is 17.9. The Kier molecular flexibility index (Phi) is 5.28. The lowest BCUT2D eigenvalue weighted by Crippen LogP contribution is -2.39. The summed E-state index contributed by atoms with van der Waals surface area (Å²) in [7, 11) is 2.21. The maximum atomic E-state index is 6.25. The van der Waals surface area contributed by atoms with Gasteiger partial charge in [-0.05, 0) is 66.5 Å². The van der Waals surface area contributed by atoms with Gasteiger partial charge in [0.05, 0.1) is 6.61 Å². The summed E-state index contributed by atoms with van der Waals surface area (Å²) < 4.78 is 7.35. The van der Waals surface area contributed by atoms with E-state index in [0.717, 1.165) is 29.9 Å². The Morgan fingerprint density at radius 2 is 1.77 bits per heavy atom. The van der Waals surface area contributed by atoms with Crippen molar-refractivity contribution in [2.75, 3.05) is 26.7 Å². The summed E-state index contributed by atoms with van der Waals surface area (Å²) in [5.74, 6) is 2.04. The van der Waals surface area contributed by atoms with Crippen LogP contribution in [0.2, 0.25) is 0 Å². The molecule has 1 saturated heterocycles. The molecule has 1 aliphatic heterocycles. The molecule has 1 aliphatic rings. The Bertz CT molecular complexity index is 880. The van der Waals surface area contributed by atoms with Crippen LogP contribution < -0.4 is 4.74 Å². The first-order valence-electron chi connectivity index (χ1n) is 9.24. The molecule has 3 heteroatoms. The van der Waals surface area contributed by atoms with E-state index in [1.807, 2.05) is 0 Å². The van der Waals surface area contributed by atoms with E-state index >= 15 is 0 Å². The molecule has 2 atom stereocenters. The number of ether oxygens (including phenoxy) is 1. The molecule has 1 fully saturated rings. The van der Waals surface area contributed by atoms with Gasteiger partial charge < -0.3 is 9.64 Å². The van der Waals surface area contributed by atoms with Crippen molar-refractivity contribution in [1.82, 2.24) is 4.90 Å². The number of fused-ring (bicyclic) bond motifs is 1. The van der Waals surface area contributed by atoms with Gasteiger partial charge in [0.15, 0.2) is 0 Å². The Morgan fingerprint density at radius 1 is 1.00 bits per heavy atom. The van der Waals surface area contributed by atoms with Crippen molar-refractivity contribution in [1.29, 1.82) is 0 Å². The lowest BCUT2D eigenvalue weighted by atomic mass is 9.81. The molecule has 1 heterocycles. The van der Waals surface area contributed by atoms with Gasteiger partial charge >= 0.3 is 0 Å². The van der Waals surface area contributed by atoms with Crippen molar-refractivity contribution in [3.8, 4) is 5.75 Å². The van der Waals surface area contributed by atoms with E-state index < -0.39 is 0 Å². The van der Waals surface area contributed by atoms with Gasteiger partial charge in [0.25, 0.3) is 0 Å². The predicted molar refractivity (Wildman–Crippen MR) is 112 cm³/mol. The van der Waals surface area contributed by atoms with Crippen molar-refractivity contribution in [3.63, 3.8) is 0 Å². The predicted octanol–water partition coefficient (Wildman–Crippen LogP) is 5.72. The van der Waals surface area contributed by atoms with Gasteiger partial charge in [0.1, 0.15) is 5.75 Å². The zero-order valence-electron chi connectivity index (χ0n) is 15.1. The average Bonchev–Trinajstić information content (AvgIpc) is 2.67. The maximum absolute atomic E-state index is 6.25. The maximum Gasteiger partial charge on any atom is 0.119 e. The van der Waals surface area contributed by atoms with Crippen LogP contribution in [0.3, 0.4) is 0 Å². The van der Waals surface area contributed by atoms with Gasteiger partial charge in [-0.25, -0.2) is 0 Å². The van der Waals surface area contributed by atoms with E-state index in [9.17, 15) is 0 Å². The van der Waals surface area contributed by atoms with E-state index in [1.165, 1.54) is 22.8 Å². The molecule has 0 spiro atoms. The van der Waals surface area contributed by atoms with Crippen LogP contribution in [0, 0.1) is 5.92 Å². The number of hydrogen-bond donors (Lipinski definition) is 0. The van der Waals surface area contributed by atoms with E-state index in [-0.39, 0.29) is 0 Å². The second-order valence-electron chi connectivity index (χ2n) is 7.29. The van der Waals surface area contributed by atoms with Crippen molar-refractivity contribution in [2.45, 2.75) is 12.3 Å².